The molecule has 1 heterocycles. The third-order valence-corrected chi connectivity index (χ3v) is 3.68. The van der Waals surface area contributed by atoms with Crippen molar-refractivity contribution in [1.82, 2.24) is 10.1 Å². The molecule has 0 spiro atoms. The summed E-state index contributed by atoms with van der Waals surface area (Å²) in [5.41, 5.74) is 8.76. The second-order valence-electron chi connectivity index (χ2n) is 5.53. The first-order chi connectivity index (χ1) is 12.1. The number of aryl methyl sites for hydroxylation is 1. The highest BCUT2D eigenvalue weighted by Crippen LogP contribution is 2.20. The fourth-order valence-electron chi connectivity index (χ4n) is 2.28. The van der Waals surface area contributed by atoms with Gasteiger partial charge in [0.25, 0.3) is 0 Å². The summed E-state index contributed by atoms with van der Waals surface area (Å²) in [7, 11) is 0. The average Bonchev–Trinajstić information content (AvgIpc) is 3.04. The van der Waals surface area contributed by atoms with Gasteiger partial charge in [-0.3, -0.25) is 4.99 Å². The number of nitrogens with two attached hydrogens (primary N) is 1. The van der Waals surface area contributed by atoms with Crippen molar-refractivity contribution in [2.24, 2.45) is 10.7 Å². The summed E-state index contributed by atoms with van der Waals surface area (Å²) in [6.07, 6.45) is 0.504. The van der Waals surface area contributed by atoms with E-state index in [1.54, 1.807) is 12.1 Å². The van der Waals surface area contributed by atoms with Gasteiger partial charge in [-0.2, -0.15) is 4.98 Å². The molecule has 128 valence electrons. The third kappa shape index (κ3) is 4.81. The molecule has 0 aliphatic carbocycles. The minimum absolute atomic E-state index is 0.347. The van der Waals surface area contributed by atoms with Crippen LogP contribution in [0, 0.1) is 6.92 Å². The van der Waals surface area contributed by atoms with Gasteiger partial charge in [0.15, 0.2) is 5.96 Å². The molecule has 0 fully saturated rings. The van der Waals surface area contributed by atoms with E-state index in [2.05, 4.69) is 20.4 Å². The van der Waals surface area contributed by atoms with Gasteiger partial charge in [0.05, 0.1) is 6.54 Å². The number of hydrogen-bond acceptors (Lipinski definition) is 4. The fourth-order valence-corrected chi connectivity index (χ4v) is 2.47. The molecule has 0 radical (unpaired) electrons. The summed E-state index contributed by atoms with van der Waals surface area (Å²) in [6.45, 7) is 2.47. The Balaban J connectivity index is 1.57. The largest absolute Gasteiger partial charge is 0.370 e. The molecule has 7 heteroatoms. The van der Waals surface area contributed by atoms with Crippen molar-refractivity contribution in [2.75, 3.05) is 11.9 Å². The van der Waals surface area contributed by atoms with Crippen LogP contribution in [0.2, 0.25) is 5.02 Å². The van der Waals surface area contributed by atoms with Crippen molar-refractivity contribution >= 4 is 23.2 Å². The number of benzene rings is 2. The predicted octanol–water partition coefficient (Wildman–Crippen LogP) is 3.67. The first-order valence-corrected chi connectivity index (χ1v) is 8.20. The average molecular weight is 356 g/mol. The molecule has 0 aliphatic heterocycles. The van der Waals surface area contributed by atoms with Crippen molar-refractivity contribution in [2.45, 2.75) is 13.3 Å². The number of anilines is 1. The first kappa shape index (κ1) is 17.0. The molecule has 25 heavy (non-hydrogen) atoms. The minimum atomic E-state index is 0.347. The predicted molar refractivity (Wildman–Crippen MR) is 99.7 cm³/mol. The Morgan fingerprint density at radius 3 is 2.88 bits per heavy atom. The van der Waals surface area contributed by atoms with Gasteiger partial charge in [-0.25, -0.2) is 0 Å². The Morgan fingerprint density at radius 2 is 2.08 bits per heavy atom. The Hall–Kier alpha value is -2.86. The molecule has 3 aromatic rings. The molecule has 2 aromatic carbocycles. The van der Waals surface area contributed by atoms with Crippen molar-refractivity contribution in [1.29, 1.82) is 0 Å². The molecule has 0 saturated heterocycles. The molecule has 0 unspecified atom stereocenters. The van der Waals surface area contributed by atoms with Gasteiger partial charge in [-0.05, 0) is 36.8 Å². The molecule has 3 N–H and O–H groups in total. The molecule has 6 nitrogen and oxygen atoms in total. The van der Waals surface area contributed by atoms with Crippen molar-refractivity contribution in [3.05, 3.63) is 65.0 Å². The van der Waals surface area contributed by atoms with Crippen LogP contribution >= 0.6 is 11.6 Å². The van der Waals surface area contributed by atoms with Crippen LogP contribution in [-0.2, 0) is 6.42 Å². The van der Waals surface area contributed by atoms with Gasteiger partial charge in [0.1, 0.15) is 0 Å². The number of aromatic nitrogens is 2. The molecule has 3 rings (SSSR count). The third-order valence-electron chi connectivity index (χ3n) is 3.45. The zero-order valence-corrected chi connectivity index (χ0v) is 14.5. The smallest absolute Gasteiger partial charge is 0.228 e. The number of aliphatic imine (C=N–C) groups is 1. The van der Waals surface area contributed by atoms with Crippen molar-refractivity contribution in [3.8, 4) is 11.4 Å². The van der Waals surface area contributed by atoms with E-state index in [1.165, 1.54) is 0 Å². The second kappa shape index (κ2) is 7.81. The molecular formula is C18H18ClN5O. The van der Waals surface area contributed by atoms with Gasteiger partial charge in [0.2, 0.25) is 11.7 Å². The van der Waals surface area contributed by atoms with Gasteiger partial charge in [-0.15, -0.1) is 0 Å². The molecule has 0 bridgehead atoms. The van der Waals surface area contributed by atoms with E-state index in [1.807, 2.05) is 43.3 Å². The van der Waals surface area contributed by atoms with E-state index >= 15 is 0 Å². The zero-order valence-electron chi connectivity index (χ0n) is 13.7. The highest BCUT2D eigenvalue weighted by Gasteiger charge is 2.08. The van der Waals surface area contributed by atoms with E-state index in [9.17, 15) is 0 Å². The fraction of sp³-hybridized carbons (Fsp3) is 0.167. The number of nitrogens with one attached hydrogen (secondary N) is 1. The lowest BCUT2D eigenvalue weighted by Gasteiger charge is -2.05. The monoisotopic (exact) mass is 355 g/mol. The Morgan fingerprint density at radius 1 is 1.24 bits per heavy atom. The second-order valence-corrected chi connectivity index (χ2v) is 5.97. The molecule has 0 amide bonds. The quantitative estimate of drug-likeness (QED) is 0.538. The SMILES string of the molecule is Cc1cccc(NC(N)=NCCc2nc(-c3cccc(Cl)c3)no2)c1. The Labute approximate surface area is 150 Å². The molecule has 1 aromatic heterocycles. The summed E-state index contributed by atoms with van der Waals surface area (Å²) >= 11 is 5.97. The van der Waals surface area contributed by atoms with Crippen LogP contribution in [0.3, 0.4) is 0 Å². The summed E-state index contributed by atoms with van der Waals surface area (Å²) < 4.78 is 5.24. The maximum Gasteiger partial charge on any atom is 0.228 e. The maximum absolute atomic E-state index is 5.97. The summed E-state index contributed by atoms with van der Waals surface area (Å²) in [6, 6.07) is 15.2. The van der Waals surface area contributed by atoms with E-state index in [0.29, 0.717) is 35.7 Å². The van der Waals surface area contributed by atoms with Crippen LogP contribution in [0.5, 0.6) is 0 Å². The number of guanidine groups is 1. The van der Waals surface area contributed by atoms with Crippen LogP contribution in [0.25, 0.3) is 11.4 Å². The van der Waals surface area contributed by atoms with Crippen molar-refractivity contribution < 1.29 is 4.52 Å². The van der Waals surface area contributed by atoms with Gasteiger partial charge < -0.3 is 15.6 Å². The van der Waals surface area contributed by atoms with Crippen LogP contribution < -0.4 is 11.1 Å². The lowest BCUT2D eigenvalue weighted by molar-refractivity contribution is 0.380. The number of nitrogens with zero attached hydrogens (tertiary/aromatic N) is 3. The van der Waals surface area contributed by atoms with Crippen LogP contribution in [0.15, 0.2) is 58.0 Å². The maximum atomic E-state index is 5.97. The first-order valence-electron chi connectivity index (χ1n) is 7.82. The van der Waals surface area contributed by atoms with E-state index in [0.717, 1.165) is 16.8 Å². The zero-order chi connectivity index (χ0) is 17.6. The highest BCUT2D eigenvalue weighted by atomic mass is 35.5. The van der Waals surface area contributed by atoms with Gasteiger partial charge in [0, 0.05) is 22.7 Å². The standard InChI is InChI=1S/C18H18ClN5O/c1-12-4-2-7-15(10-12)22-18(20)21-9-8-16-23-17(24-25-16)13-5-3-6-14(19)11-13/h2-7,10-11H,8-9H2,1H3,(H3,20,21,22). The molecule has 0 atom stereocenters. The lowest BCUT2D eigenvalue weighted by atomic mass is 10.2. The normalized spacial score (nSPS) is 11.5. The summed E-state index contributed by atoms with van der Waals surface area (Å²) in [5, 5.41) is 7.64. The van der Waals surface area contributed by atoms with Crippen LogP contribution in [0.1, 0.15) is 11.5 Å². The topological polar surface area (TPSA) is 89.3 Å². The number of rotatable bonds is 5. The van der Waals surface area contributed by atoms with Crippen LogP contribution in [-0.4, -0.2) is 22.6 Å². The van der Waals surface area contributed by atoms with Crippen LogP contribution in [0.4, 0.5) is 5.69 Å². The van der Waals surface area contributed by atoms with Crippen molar-refractivity contribution in [3.63, 3.8) is 0 Å². The lowest BCUT2D eigenvalue weighted by Crippen LogP contribution is -2.23. The van der Waals surface area contributed by atoms with E-state index < -0.39 is 0 Å². The van der Waals surface area contributed by atoms with Gasteiger partial charge in [-0.1, -0.05) is 41.0 Å². The summed E-state index contributed by atoms with van der Waals surface area (Å²) in [4.78, 5) is 8.62. The Kier molecular flexibility index (Phi) is 5.30. The highest BCUT2D eigenvalue weighted by molar-refractivity contribution is 6.30. The summed E-state index contributed by atoms with van der Waals surface area (Å²) in [5.74, 6) is 1.36. The Bertz CT molecular complexity index is 890. The number of halogens is 1. The van der Waals surface area contributed by atoms with E-state index in [-0.39, 0.29) is 0 Å². The molecule has 0 saturated carbocycles. The number of hydrogen-bond donors (Lipinski definition) is 2. The van der Waals surface area contributed by atoms with Gasteiger partial charge >= 0.3 is 0 Å². The van der Waals surface area contributed by atoms with E-state index in [4.69, 9.17) is 21.9 Å². The minimum Gasteiger partial charge on any atom is -0.370 e. The molecule has 0 aliphatic rings. The molecular weight excluding hydrogens is 338 g/mol.